The highest BCUT2D eigenvalue weighted by Crippen LogP contribution is 2.18. The molecule has 5 nitrogen and oxygen atoms in total. The molecule has 0 radical (unpaired) electrons. The molecule has 0 saturated carbocycles. The van der Waals surface area contributed by atoms with E-state index in [1.807, 2.05) is 47.3 Å². The summed E-state index contributed by atoms with van der Waals surface area (Å²) < 4.78 is 1.84. The van der Waals surface area contributed by atoms with E-state index < -0.39 is 6.10 Å². The van der Waals surface area contributed by atoms with Crippen molar-refractivity contribution in [3.8, 4) is 0 Å². The molecule has 2 atom stereocenters. The van der Waals surface area contributed by atoms with Crippen LogP contribution in [-0.4, -0.2) is 26.8 Å². The van der Waals surface area contributed by atoms with Crippen LogP contribution in [0.2, 0.25) is 0 Å². The van der Waals surface area contributed by atoms with Gasteiger partial charge >= 0.3 is 0 Å². The first-order chi connectivity index (χ1) is 10.7. The van der Waals surface area contributed by atoms with E-state index in [1.165, 1.54) is 0 Å². The van der Waals surface area contributed by atoms with Crippen molar-refractivity contribution in [1.29, 1.82) is 0 Å². The Balaban J connectivity index is 1.66. The molecule has 1 aliphatic rings. The summed E-state index contributed by atoms with van der Waals surface area (Å²) in [5.74, 6) is 0.0744. The zero-order chi connectivity index (χ0) is 15.4. The number of aromatic nitrogens is 2. The van der Waals surface area contributed by atoms with Crippen molar-refractivity contribution in [2.45, 2.75) is 31.5 Å². The summed E-state index contributed by atoms with van der Waals surface area (Å²) in [5, 5.41) is 17.3. The lowest BCUT2D eigenvalue weighted by Crippen LogP contribution is -2.23. The fourth-order valence-corrected chi connectivity index (χ4v) is 2.59. The van der Waals surface area contributed by atoms with Gasteiger partial charge in [-0.1, -0.05) is 36.4 Å². The van der Waals surface area contributed by atoms with Gasteiger partial charge in [0, 0.05) is 24.9 Å². The van der Waals surface area contributed by atoms with Crippen LogP contribution in [0, 0.1) is 0 Å². The van der Waals surface area contributed by atoms with Gasteiger partial charge in [-0.05, 0) is 23.6 Å². The minimum atomic E-state index is -0.671. The van der Waals surface area contributed by atoms with Gasteiger partial charge < -0.3 is 10.4 Å². The Morgan fingerprint density at radius 2 is 2.36 bits per heavy atom. The lowest BCUT2D eigenvalue weighted by molar-refractivity contribution is -0.119. The molecule has 1 aromatic carbocycles. The smallest absolute Gasteiger partial charge is 0.220 e. The first kappa shape index (κ1) is 14.5. The van der Waals surface area contributed by atoms with E-state index in [0.29, 0.717) is 13.0 Å². The molecule has 1 aliphatic heterocycles. The van der Waals surface area contributed by atoms with Crippen molar-refractivity contribution in [2.75, 3.05) is 0 Å². The maximum absolute atomic E-state index is 11.1. The van der Waals surface area contributed by atoms with Crippen molar-refractivity contribution in [3.63, 3.8) is 0 Å². The van der Waals surface area contributed by atoms with Crippen LogP contribution in [0.5, 0.6) is 0 Å². The number of carbonyl (C=O) groups is 1. The summed E-state index contributed by atoms with van der Waals surface area (Å²) in [6, 6.07) is 9.74. The van der Waals surface area contributed by atoms with Gasteiger partial charge in [-0.2, -0.15) is 5.10 Å². The number of benzene rings is 1. The van der Waals surface area contributed by atoms with Crippen LogP contribution in [0.4, 0.5) is 0 Å². The number of aliphatic hydroxyl groups excluding tert-OH is 1. The summed E-state index contributed by atoms with van der Waals surface area (Å²) in [6.07, 6.45) is 7.95. The molecule has 2 N–H and O–H groups in total. The number of rotatable bonds is 5. The number of hydrogen-bond acceptors (Lipinski definition) is 3. The molecule has 114 valence electrons. The fraction of sp³-hybridized carbons (Fsp3) is 0.294. The quantitative estimate of drug-likeness (QED) is 0.827. The maximum Gasteiger partial charge on any atom is 0.220 e. The van der Waals surface area contributed by atoms with Crippen molar-refractivity contribution >= 4 is 5.91 Å². The molecule has 1 unspecified atom stereocenters. The summed E-state index contributed by atoms with van der Waals surface area (Å²) >= 11 is 0. The Labute approximate surface area is 129 Å². The number of hydrogen-bond donors (Lipinski definition) is 2. The van der Waals surface area contributed by atoms with Crippen LogP contribution in [-0.2, 0) is 11.3 Å². The van der Waals surface area contributed by atoms with Gasteiger partial charge in [0.2, 0.25) is 5.91 Å². The van der Waals surface area contributed by atoms with Crippen LogP contribution in [0.3, 0.4) is 0 Å². The molecular formula is C17H19N3O2. The summed E-state index contributed by atoms with van der Waals surface area (Å²) in [5.41, 5.74) is 1.92. The first-order valence-electron chi connectivity index (χ1n) is 7.43. The third-order valence-corrected chi connectivity index (χ3v) is 3.75. The Bertz CT molecular complexity index is 664. The molecule has 1 fully saturated rings. The van der Waals surface area contributed by atoms with Crippen LogP contribution < -0.4 is 5.32 Å². The lowest BCUT2D eigenvalue weighted by Gasteiger charge is -2.10. The number of amides is 1. The minimum Gasteiger partial charge on any atom is -0.384 e. The van der Waals surface area contributed by atoms with Crippen molar-refractivity contribution in [2.24, 2.45) is 0 Å². The van der Waals surface area contributed by atoms with Crippen molar-refractivity contribution in [3.05, 3.63) is 66.0 Å². The summed E-state index contributed by atoms with van der Waals surface area (Å²) in [6.45, 7) is 0.677. The van der Waals surface area contributed by atoms with Crippen molar-refractivity contribution in [1.82, 2.24) is 15.1 Å². The average molecular weight is 297 g/mol. The van der Waals surface area contributed by atoms with E-state index in [2.05, 4.69) is 10.4 Å². The van der Waals surface area contributed by atoms with E-state index in [9.17, 15) is 9.90 Å². The predicted molar refractivity (Wildman–Crippen MR) is 83.0 cm³/mol. The Hall–Kier alpha value is -2.40. The molecular weight excluding hydrogens is 278 g/mol. The lowest BCUT2D eigenvalue weighted by atomic mass is 10.0. The Morgan fingerprint density at radius 1 is 1.45 bits per heavy atom. The first-order valence-corrected chi connectivity index (χ1v) is 7.43. The Kier molecular flexibility index (Phi) is 4.34. The monoisotopic (exact) mass is 297 g/mol. The summed E-state index contributed by atoms with van der Waals surface area (Å²) in [4.78, 5) is 11.1. The highest BCUT2D eigenvalue weighted by atomic mass is 16.3. The topological polar surface area (TPSA) is 67.1 Å². The second-order valence-electron chi connectivity index (χ2n) is 5.49. The zero-order valence-corrected chi connectivity index (χ0v) is 12.2. The summed E-state index contributed by atoms with van der Waals surface area (Å²) in [7, 11) is 0. The second kappa shape index (κ2) is 6.58. The van der Waals surface area contributed by atoms with Gasteiger partial charge in [-0.25, -0.2) is 0 Å². The standard InChI is InChI=1S/C17H19N3O2/c21-16(7-5-15-6-8-17(22)19-15)14-4-1-3-13(11-14)12-20-10-2-9-18-20/h1-5,7,9-11,15-16,21H,6,8,12H2,(H,19,22)/b7-5+/t15-,16?/m0/s1. The second-order valence-corrected chi connectivity index (χ2v) is 5.49. The number of aliphatic hydroxyl groups is 1. The van der Waals surface area contributed by atoms with Gasteiger partial charge in [0.25, 0.3) is 0 Å². The molecule has 0 spiro atoms. The predicted octanol–water partition coefficient (Wildman–Crippen LogP) is 1.80. The molecule has 5 heteroatoms. The van der Waals surface area contributed by atoms with Gasteiger partial charge in [-0.15, -0.1) is 0 Å². The molecule has 1 aromatic heterocycles. The van der Waals surface area contributed by atoms with Gasteiger partial charge in [0.15, 0.2) is 0 Å². The third-order valence-electron chi connectivity index (χ3n) is 3.75. The minimum absolute atomic E-state index is 0.0365. The number of carbonyl (C=O) groups excluding carboxylic acids is 1. The number of nitrogens with zero attached hydrogens (tertiary/aromatic N) is 2. The molecule has 22 heavy (non-hydrogen) atoms. The van der Waals surface area contributed by atoms with Crippen LogP contribution >= 0.6 is 0 Å². The number of nitrogens with one attached hydrogen (secondary N) is 1. The van der Waals surface area contributed by atoms with Gasteiger partial charge in [0.05, 0.1) is 12.6 Å². The highest BCUT2D eigenvalue weighted by Gasteiger charge is 2.18. The van der Waals surface area contributed by atoms with E-state index in [4.69, 9.17) is 0 Å². The van der Waals surface area contributed by atoms with Crippen LogP contribution in [0.1, 0.15) is 30.1 Å². The largest absolute Gasteiger partial charge is 0.384 e. The van der Waals surface area contributed by atoms with E-state index in [1.54, 1.807) is 12.3 Å². The van der Waals surface area contributed by atoms with Gasteiger partial charge in [0.1, 0.15) is 0 Å². The van der Waals surface area contributed by atoms with E-state index in [-0.39, 0.29) is 11.9 Å². The molecule has 3 rings (SSSR count). The zero-order valence-electron chi connectivity index (χ0n) is 12.2. The molecule has 2 aromatic rings. The maximum atomic E-state index is 11.1. The Morgan fingerprint density at radius 3 is 3.09 bits per heavy atom. The molecule has 0 aliphatic carbocycles. The normalized spacial score (nSPS) is 19.5. The third kappa shape index (κ3) is 3.62. The highest BCUT2D eigenvalue weighted by molar-refractivity contribution is 5.78. The van der Waals surface area contributed by atoms with Crippen LogP contribution in [0.15, 0.2) is 54.9 Å². The SMILES string of the molecule is O=C1CC[C@H](/C=C/C(O)c2cccc(Cn3cccn3)c2)N1. The van der Waals surface area contributed by atoms with Crippen LogP contribution in [0.25, 0.3) is 0 Å². The molecule has 1 saturated heterocycles. The van der Waals surface area contributed by atoms with Crippen molar-refractivity contribution < 1.29 is 9.90 Å². The average Bonchev–Trinajstić information content (AvgIpc) is 3.17. The van der Waals surface area contributed by atoms with E-state index >= 15 is 0 Å². The van der Waals surface area contributed by atoms with E-state index in [0.717, 1.165) is 17.5 Å². The molecule has 2 heterocycles. The van der Waals surface area contributed by atoms with Gasteiger partial charge in [-0.3, -0.25) is 9.48 Å². The molecule has 0 bridgehead atoms. The fourth-order valence-electron chi connectivity index (χ4n) is 2.59. The molecule has 1 amide bonds.